The van der Waals surface area contributed by atoms with Gasteiger partial charge in [-0.25, -0.2) is 0 Å². The van der Waals surface area contributed by atoms with Gasteiger partial charge in [0, 0.05) is 18.7 Å². The molecule has 0 radical (unpaired) electrons. The van der Waals surface area contributed by atoms with Crippen molar-refractivity contribution < 1.29 is 9.59 Å². The molecule has 1 aliphatic heterocycles. The number of carbonyl (C=O) groups excluding carboxylic acids is 2. The van der Waals surface area contributed by atoms with E-state index in [0.29, 0.717) is 21.2 Å². The first-order valence-corrected chi connectivity index (χ1v) is 10.7. The van der Waals surface area contributed by atoms with Crippen molar-refractivity contribution in [2.24, 2.45) is 0 Å². The van der Waals surface area contributed by atoms with Crippen LogP contribution in [0, 0.1) is 0 Å². The molecule has 2 amide bonds. The second-order valence-corrected chi connectivity index (χ2v) is 8.15. The fraction of sp³-hybridized carbons (Fsp3) is 0.182. The number of benzene rings is 2. The molecule has 0 spiro atoms. The van der Waals surface area contributed by atoms with Crippen molar-refractivity contribution in [1.29, 1.82) is 0 Å². The topological polar surface area (TPSA) is 61.4 Å². The molecule has 29 heavy (non-hydrogen) atoms. The highest BCUT2D eigenvalue weighted by molar-refractivity contribution is 7.12. The number of rotatable bonds is 5. The van der Waals surface area contributed by atoms with Crippen molar-refractivity contribution in [3.8, 4) is 0 Å². The SMILES string of the molecule is O=C(Nc1ccccc1N1CCCC1)c1ccc(Cl)c(NC(=O)c2cccs2)c1. The number of anilines is 3. The molecule has 1 aromatic heterocycles. The van der Waals surface area contributed by atoms with Crippen molar-refractivity contribution in [1.82, 2.24) is 0 Å². The van der Waals surface area contributed by atoms with Gasteiger partial charge >= 0.3 is 0 Å². The van der Waals surface area contributed by atoms with Gasteiger partial charge in [0.15, 0.2) is 0 Å². The minimum Gasteiger partial charge on any atom is -0.370 e. The molecule has 5 nitrogen and oxygen atoms in total. The summed E-state index contributed by atoms with van der Waals surface area (Å²) in [5, 5.41) is 7.99. The summed E-state index contributed by atoms with van der Waals surface area (Å²) in [6.45, 7) is 1.99. The summed E-state index contributed by atoms with van der Waals surface area (Å²) >= 11 is 7.57. The lowest BCUT2D eigenvalue weighted by atomic mass is 10.1. The molecule has 3 aromatic rings. The minimum atomic E-state index is -0.251. The van der Waals surface area contributed by atoms with Crippen LogP contribution in [0.2, 0.25) is 5.02 Å². The summed E-state index contributed by atoms with van der Waals surface area (Å²) in [5.74, 6) is -0.501. The smallest absolute Gasteiger partial charge is 0.265 e. The van der Waals surface area contributed by atoms with Crippen LogP contribution in [0.25, 0.3) is 0 Å². The van der Waals surface area contributed by atoms with Gasteiger partial charge in [0.05, 0.1) is 27.0 Å². The number of nitrogens with zero attached hydrogens (tertiary/aromatic N) is 1. The molecular formula is C22H20ClN3O2S. The highest BCUT2D eigenvalue weighted by atomic mass is 35.5. The van der Waals surface area contributed by atoms with Crippen LogP contribution in [-0.4, -0.2) is 24.9 Å². The Balaban J connectivity index is 1.53. The van der Waals surface area contributed by atoms with Crippen LogP contribution < -0.4 is 15.5 Å². The maximum Gasteiger partial charge on any atom is 0.265 e. The van der Waals surface area contributed by atoms with Crippen molar-refractivity contribution in [2.45, 2.75) is 12.8 Å². The van der Waals surface area contributed by atoms with Crippen molar-refractivity contribution in [3.63, 3.8) is 0 Å². The molecule has 1 saturated heterocycles. The van der Waals surface area contributed by atoms with Gasteiger partial charge < -0.3 is 15.5 Å². The first-order chi connectivity index (χ1) is 14.1. The quantitative estimate of drug-likeness (QED) is 0.566. The standard InChI is InChI=1S/C22H20ClN3O2S/c23-16-10-9-15(14-18(16)25-22(28)20-8-5-13-29-20)21(27)24-17-6-1-2-7-19(17)26-11-3-4-12-26/h1-2,5-10,13-14H,3-4,11-12H2,(H,24,27)(H,25,28). The largest absolute Gasteiger partial charge is 0.370 e. The molecule has 0 atom stereocenters. The summed E-state index contributed by atoms with van der Waals surface area (Å²) in [4.78, 5) is 28.1. The third kappa shape index (κ3) is 4.44. The van der Waals surface area contributed by atoms with Crippen molar-refractivity contribution >= 4 is 51.8 Å². The molecule has 0 unspecified atom stereocenters. The molecule has 0 bridgehead atoms. The maximum atomic E-state index is 12.9. The van der Waals surface area contributed by atoms with Crippen molar-refractivity contribution in [3.05, 3.63) is 75.4 Å². The summed E-state index contributed by atoms with van der Waals surface area (Å²) in [6.07, 6.45) is 2.32. The molecule has 2 N–H and O–H groups in total. The van der Waals surface area contributed by atoms with E-state index in [1.807, 2.05) is 35.7 Å². The molecule has 2 aromatic carbocycles. The van der Waals surface area contributed by atoms with Gasteiger partial charge in [-0.05, 0) is 54.6 Å². The highest BCUT2D eigenvalue weighted by Gasteiger charge is 2.18. The van der Waals surface area contributed by atoms with E-state index < -0.39 is 0 Å². The van der Waals surface area contributed by atoms with E-state index >= 15 is 0 Å². The van der Waals surface area contributed by atoms with Gasteiger partial charge in [0.25, 0.3) is 11.8 Å². The molecular weight excluding hydrogens is 406 g/mol. The Kier molecular flexibility index (Phi) is 5.83. The van der Waals surface area contributed by atoms with E-state index in [1.165, 1.54) is 11.3 Å². The van der Waals surface area contributed by atoms with Crippen LogP contribution in [0.3, 0.4) is 0 Å². The zero-order valence-corrected chi connectivity index (χ0v) is 17.2. The number of nitrogens with one attached hydrogen (secondary N) is 2. The fourth-order valence-corrected chi connectivity index (χ4v) is 4.15. The molecule has 148 valence electrons. The van der Waals surface area contributed by atoms with E-state index in [1.54, 1.807) is 24.3 Å². The zero-order chi connectivity index (χ0) is 20.2. The summed E-state index contributed by atoms with van der Waals surface area (Å²) in [5.41, 5.74) is 2.63. The van der Waals surface area contributed by atoms with Gasteiger partial charge in [0.1, 0.15) is 0 Å². The van der Waals surface area contributed by atoms with Gasteiger partial charge in [-0.1, -0.05) is 29.8 Å². The van der Waals surface area contributed by atoms with E-state index in [2.05, 4.69) is 15.5 Å². The third-order valence-corrected chi connectivity index (χ3v) is 6.02. The second kappa shape index (κ2) is 8.68. The van der Waals surface area contributed by atoms with Crippen LogP contribution in [0.5, 0.6) is 0 Å². The number of hydrogen-bond donors (Lipinski definition) is 2. The van der Waals surface area contributed by atoms with Gasteiger partial charge in [-0.2, -0.15) is 0 Å². The van der Waals surface area contributed by atoms with Crippen LogP contribution >= 0.6 is 22.9 Å². The monoisotopic (exact) mass is 425 g/mol. The first kappa shape index (κ1) is 19.5. The predicted molar refractivity (Wildman–Crippen MR) is 120 cm³/mol. The Morgan fingerprint density at radius 2 is 1.66 bits per heavy atom. The highest BCUT2D eigenvalue weighted by Crippen LogP contribution is 2.30. The second-order valence-electron chi connectivity index (χ2n) is 6.79. The van der Waals surface area contributed by atoms with Crippen molar-refractivity contribution in [2.75, 3.05) is 28.6 Å². The average molecular weight is 426 g/mol. The summed E-state index contributed by atoms with van der Waals surface area (Å²) in [7, 11) is 0. The maximum absolute atomic E-state index is 12.9. The van der Waals surface area contributed by atoms with Gasteiger partial charge in [-0.3, -0.25) is 9.59 Å². The number of para-hydroxylation sites is 2. The van der Waals surface area contributed by atoms with Gasteiger partial charge in [-0.15, -0.1) is 11.3 Å². The molecule has 0 saturated carbocycles. The third-order valence-electron chi connectivity index (χ3n) is 4.82. The van der Waals surface area contributed by atoms with E-state index in [4.69, 9.17) is 11.6 Å². The minimum absolute atomic E-state index is 0.250. The Labute approximate surface area is 178 Å². The normalized spacial score (nSPS) is 13.3. The number of halogens is 1. The van der Waals surface area contributed by atoms with Crippen LogP contribution in [-0.2, 0) is 0 Å². The zero-order valence-electron chi connectivity index (χ0n) is 15.7. The Morgan fingerprint density at radius 3 is 2.41 bits per heavy atom. The van der Waals surface area contributed by atoms with Crippen LogP contribution in [0.15, 0.2) is 60.0 Å². The first-order valence-electron chi connectivity index (χ1n) is 9.41. The lowest BCUT2D eigenvalue weighted by Gasteiger charge is -2.21. The summed E-state index contributed by atoms with van der Waals surface area (Å²) in [6, 6.07) is 16.2. The molecule has 0 aliphatic carbocycles. The van der Waals surface area contributed by atoms with Gasteiger partial charge in [0.2, 0.25) is 0 Å². The molecule has 7 heteroatoms. The Bertz CT molecular complexity index is 1030. The Morgan fingerprint density at radius 1 is 0.897 bits per heavy atom. The lowest BCUT2D eigenvalue weighted by molar-refractivity contribution is 0.101. The average Bonchev–Trinajstić information content (AvgIpc) is 3.44. The number of amides is 2. The fourth-order valence-electron chi connectivity index (χ4n) is 3.36. The Hall–Kier alpha value is -2.83. The van der Waals surface area contributed by atoms with E-state index in [-0.39, 0.29) is 11.8 Å². The van der Waals surface area contributed by atoms with Crippen LogP contribution in [0.4, 0.5) is 17.1 Å². The molecule has 1 aliphatic rings. The van der Waals surface area contributed by atoms with E-state index in [0.717, 1.165) is 37.3 Å². The summed E-state index contributed by atoms with van der Waals surface area (Å²) < 4.78 is 0. The lowest BCUT2D eigenvalue weighted by Crippen LogP contribution is -2.21. The number of thiophene rings is 1. The predicted octanol–water partition coefficient (Wildman–Crippen LogP) is 5.51. The van der Waals surface area contributed by atoms with Crippen LogP contribution in [0.1, 0.15) is 32.9 Å². The number of carbonyl (C=O) groups is 2. The molecule has 4 rings (SSSR count). The van der Waals surface area contributed by atoms with E-state index in [9.17, 15) is 9.59 Å². The molecule has 1 fully saturated rings. The number of hydrogen-bond acceptors (Lipinski definition) is 4. The molecule has 2 heterocycles.